The molecule has 106 valence electrons. The van der Waals surface area contributed by atoms with Crippen LogP contribution >= 0.6 is 11.3 Å². The van der Waals surface area contributed by atoms with E-state index in [4.69, 9.17) is 0 Å². The monoisotopic (exact) mass is 280 g/mol. The van der Waals surface area contributed by atoms with Gasteiger partial charge in [0.2, 0.25) is 5.91 Å². The topological polar surface area (TPSA) is 33.2 Å². The molecule has 0 bridgehead atoms. The summed E-state index contributed by atoms with van der Waals surface area (Å²) < 4.78 is 0. The maximum absolute atomic E-state index is 11.1. The van der Waals surface area contributed by atoms with E-state index in [9.17, 15) is 4.79 Å². The van der Waals surface area contributed by atoms with Gasteiger partial charge in [0.15, 0.2) is 0 Å². The average molecular weight is 280 g/mol. The summed E-state index contributed by atoms with van der Waals surface area (Å²) in [6.45, 7) is 2.37. The van der Waals surface area contributed by atoms with Crippen molar-refractivity contribution in [1.29, 1.82) is 0 Å². The fourth-order valence-electron chi connectivity index (χ4n) is 2.65. The van der Waals surface area contributed by atoms with Crippen LogP contribution in [0.25, 0.3) is 0 Å². The zero-order chi connectivity index (χ0) is 13.7. The Morgan fingerprint density at radius 3 is 2.84 bits per heavy atom. The zero-order valence-electron chi connectivity index (χ0n) is 12.0. The minimum atomic E-state index is 0.123. The molecule has 1 aromatic heterocycles. The van der Waals surface area contributed by atoms with Crippen LogP contribution in [0.4, 0.5) is 0 Å². The maximum atomic E-state index is 11.1. The van der Waals surface area contributed by atoms with Crippen LogP contribution in [0.3, 0.4) is 0 Å². The Bertz CT molecular complexity index is 410. The van der Waals surface area contributed by atoms with Crippen LogP contribution in [-0.2, 0) is 17.6 Å². The number of nitrogens with zero attached hydrogens (tertiary/aromatic N) is 2. The summed E-state index contributed by atoms with van der Waals surface area (Å²) in [6, 6.07) is 0. The number of thiazole rings is 1. The summed E-state index contributed by atoms with van der Waals surface area (Å²) in [5, 5.41) is 3.35. The molecule has 1 aromatic rings. The number of likely N-dealkylation sites (N-methyl/N-ethyl adjacent to an activating group) is 1. The fourth-order valence-corrected chi connectivity index (χ4v) is 3.47. The molecule has 1 saturated carbocycles. The van der Waals surface area contributed by atoms with Crippen LogP contribution in [0.15, 0.2) is 5.38 Å². The van der Waals surface area contributed by atoms with Gasteiger partial charge in [0.25, 0.3) is 0 Å². The van der Waals surface area contributed by atoms with Crippen molar-refractivity contribution in [1.82, 2.24) is 9.88 Å². The van der Waals surface area contributed by atoms with Crippen molar-refractivity contribution in [2.45, 2.75) is 51.9 Å². The minimum absolute atomic E-state index is 0.123. The Morgan fingerprint density at radius 2 is 2.16 bits per heavy atom. The molecule has 1 fully saturated rings. The lowest BCUT2D eigenvalue weighted by molar-refractivity contribution is -0.127. The number of carbonyl (C=O) groups is 1. The third kappa shape index (κ3) is 4.60. The second-order valence-corrected chi connectivity index (χ2v) is 6.55. The highest BCUT2D eigenvalue weighted by Crippen LogP contribution is 2.28. The first-order valence-electron chi connectivity index (χ1n) is 7.30. The van der Waals surface area contributed by atoms with Gasteiger partial charge in [-0.1, -0.05) is 25.7 Å². The van der Waals surface area contributed by atoms with Gasteiger partial charge in [0.05, 0.1) is 10.7 Å². The largest absolute Gasteiger partial charge is 0.346 e. The van der Waals surface area contributed by atoms with Crippen LogP contribution in [-0.4, -0.2) is 29.4 Å². The predicted molar refractivity (Wildman–Crippen MR) is 79.4 cm³/mol. The Morgan fingerprint density at radius 1 is 1.42 bits per heavy atom. The summed E-state index contributed by atoms with van der Waals surface area (Å²) in [5.41, 5.74) is 1.25. The first-order chi connectivity index (χ1) is 9.15. The Labute approximate surface area is 120 Å². The van der Waals surface area contributed by atoms with Crippen molar-refractivity contribution in [3.05, 3.63) is 16.1 Å². The SMILES string of the molecule is CC(=O)N(C)CCc1nc(CCC2CCCC2)cs1. The van der Waals surface area contributed by atoms with E-state index >= 15 is 0 Å². The first kappa shape index (κ1) is 14.5. The molecule has 0 aliphatic heterocycles. The van der Waals surface area contributed by atoms with Gasteiger partial charge in [-0.05, 0) is 18.8 Å². The van der Waals surface area contributed by atoms with Gasteiger partial charge < -0.3 is 4.90 Å². The van der Waals surface area contributed by atoms with Gasteiger partial charge in [-0.3, -0.25) is 4.79 Å². The molecule has 0 aromatic carbocycles. The maximum Gasteiger partial charge on any atom is 0.219 e. The van der Waals surface area contributed by atoms with E-state index in [1.165, 1.54) is 37.8 Å². The molecule has 1 amide bonds. The molecular weight excluding hydrogens is 256 g/mol. The number of amides is 1. The lowest BCUT2D eigenvalue weighted by Gasteiger charge is -2.12. The van der Waals surface area contributed by atoms with Gasteiger partial charge in [0.1, 0.15) is 0 Å². The molecule has 1 aliphatic carbocycles. The second kappa shape index (κ2) is 7.04. The van der Waals surface area contributed by atoms with Crippen molar-refractivity contribution in [3.63, 3.8) is 0 Å². The van der Waals surface area contributed by atoms with E-state index in [0.29, 0.717) is 0 Å². The fraction of sp³-hybridized carbons (Fsp3) is 0.733. The smallest absolute Gasteiger partial charge is 0.219 e. The molecule has 1 heterocycles. The van der Waals surface area contributed by atoms with E-state index in [1.54, 1.807) is 23.2 Å². The summed E-state index contributed by atoms with van der Waals surface area (Å²) in [7, 11) is 1.84. The molecule has 0 N–H and O–H groups in total. The van der Waals surface area contributed by atoms with E-state index < -0.39 is 0 Å². The lowest BCUT2D eigenvalue weighted by atomic mass is 10.0. The van der Waals surface area contributed by atoms with Gasteiger partial charge in [-0.2, -0.15) is 0 Å². The van der Waals surface area contributed by atoms with Crippen molar-refractivity contribution in [2.24, 2.45) is 5.92 Å². The van der Waals surface area contributed by atoms with Gasteiger partial charge in [0, 0.05) is 32.3 Å². The summed E-state index contributed by atoms with van der Waals surface area (Å²) in [5.74, 6) is 1.06. The van der Waals surface area contributed by atoms with Crippen LogP contribution in [0, 0.1) is 5.92 Å². The average Bonchev–Trinajstić information content (AvgIpc) is 3.04. The van der Waals surface area contributed by atoms with Crippen LogP contribution in [0.1, 0.15) is 49.7 Å². The van der Waals surface area contributed by atoms with Crippen molar-refractivity contribution >= 4 is 17.2 Å². The van der Waals surface area contributed by atoms with E-state index in [1.807, 2.05) is 7.05 Å². The highest BCUT2D eigenvalue weighted by molar-refractivity contribution is 7.09. The van der Waals surface area contributed by atoms with Crippen molar-refractivity contribution < 1.29 is 4.79 Å². The number of hydrogen-bond acceptors (Lipinski definition) is 3. The standard InChI is InChI=1S/C15H24N2OS/c1-12(18)17(2)10-9-15-16-14(11-19-15)8-7-13-5-3-4-6-13/h11,13H,3-10H2,1-2H3. The summed E-state index contributed by atoms with van der Waals surface area (Å²) in [6.07, 6.45) is 8.99. The normalized spacial score (nSPS) is 15.9. The zero-order valence-corrected chi connectivity index (χ0v) is 12.8. The number of aryl methyl sites for hydroxylation is 1. The molecule has 0 unspecified atom stereocenters. The van der Waals surface area contributed by atoms with Crippen LogP contribution < -0.4 is 0 Å². The van der Waals surface area contributed by atoms with Crippen LogP contribution in [0.5, 0.6) is 0 Å². The third-order valence-electron chi connectivity index (χ3n) is 4.08. The predicted octanol–water partition coefficient (Wildman–Crippen LogP) is 3.29. The Kier molecular flexibility index (Phi) is 5.37. The Balaban J connectivity index is 1.73. The molecule has 0 atom stereocenters. The molecular formula is C15H24N2OS. The number of rotatable bonds is 6. The Hall–Kier alpha value is -0.900. The molecule has 3 nitrogen and oxygen atoms in total. The van der Waals surface area contributed by atoms with Crippen LogP contribution in [0.2, 0.25) is 0 Å². The van der Waals surface area contributed by atoms with E-state index in [-0.39, 0.29) is 5.91 Å². The summed E-state index contributed by atoms with van der Waals surface area (Å²) >= 11 is 1.74. The second-order valence-electron chi connectivity index (χ2n) is 5.61. The number of carbonyl (C=O) groups excluding carboxylic acids is 1. The van der Waals surface area contributed by atoms with Gasteiger partial charge >= 0.3 is 0 Å². The molecule has 19 heavy (non-hydrogen) atoms. The summed E-state index contributed by atoms with van der Waals surface area (Å²) in [4.78, 5) is 17.6. The van der Waals surface area contributed by atoms with E-state index in [2.05, 4.69) is 10.4 Å². The number of hydrogen-bond donors (Lipinski definition) is 0. The molecule has 1 aliphatic rings. The van der Waals surface area contributed by atoms with Crippen molar-refractivity contribution in [2.75, 3.05) is 13.6 Å². The minimum Gasteiger partial charge on any atom is -0.346 e. The molecule has 2 rings (SSSR count). The molecule has 0 saturated heterocycles. The lowest BCUT2D eigenvalue weighted by Crippen LogP contribution is -2.26. The quantitative estimate of drug-likeness (QED) is 0.801. The van der Waals surface area contributed by atoms with E-state index in [0.717, 1.165) is 30.3 Å². The van der Waals surface area contributed by atoms with Gasteiger partial charge in [-0.15, -0.1) is 11.3 Å². The van der Waals surface area contributed by atoms with Gasteiger partial charge in [-0.25, -0.2) is 4.98 Å². The highest BCUT2D eigenvalue weighted by atomic mass is 32.1. The first-order valence-corrected chi connectivity index (χ1v) is 8.18. The molecule has 4 heteroatoms. The number of aromatic nitrogens is 1. The third-order valence-corrected chi connectivity index (χ3v) is 5.04. The van der Waals surface area contributed by atoms with Crippen molar-refractivity contribution in [3.8, 4) is 0 Å². The molecule has 0 radical (unpaired) electrons. The highest BCUT2D eigenvalue weighted by Gasteiger charge is 2.15. The molecule has 0 spiro atoms.